The number of aromatic amines is 2. The molecule has 41 heavy (non-hydrogen) atoms. The molecule has 6 aromatic rings. The van der Waals surface area contributed by atoms with Crippen molar-refractivity contribution in [3.05, 3.63) is 82.1 Å². The Kier molecular flexibility index (Phi) is 6.72. The molecule has 0 aromatic carbocycles. The number of pyridine rings is 2. The van der Waals surface area contributed by atoms with Gasteiger partial charge in [0.2, 0.25) is 0 Å². The maximum absolute atomic E-state index is 13.6. The lowest BCUT2D eigenvalue weighted by Crippen LogP contribution is -2.08. The summed E-state index contributed by atoms with van der Waals surface area (Å²) in [6.45, 7) is 2.22. The fraction of sp³-hybridized carbons (Fsp3) is 0.214. The molecule has 206 valence electrons. The third kappa shape index (κ3) is 4.98. The van der Waals surface area contributed by atoms with Gasteiger partial charge in [-0.1, -0.05) is 13.0 Å². The lowest BCUT2D eigenvalue weighted by molar-refractivity contribution is 0.626. The summed E-state index contributed by atoms with van der Waals surface area (Å²) in [6, 6.07) is 8.75. The van der Waals surface area contributed by atoms with Gasteiger partial charge in [-0.05, 0) is 49.9 Å². The highest BCUT2D eigenvalue weighted by molar-refractivity contribution is 7.16. The van der Waals surface area contributed by atoms with Crippen LogP contribution in [0.3, 0.4) is 0 Å². The quantitative estimate of drug-likeness (QED) is 0.177. The molecule has 0 fully saturated rings. The number of hydrogen-bond acceptors (Lipinski definition) is 10. The highest BCUT2D eigenvalue weighted by atomic mass is 32.1. The second-order valence-electron chi connectivity index (χ2n) is 9.66. The van der Waals surface area contributed by atoms with Crippen LogP contribution in [0.1, 0.15) is 40.4 Å². The first kappa shape index (κ1) is 25.5. The molecule has 0 saturated carbocycles. The molecule has 4 N–H and O–H groups in total. The van der Waals surface area contributed by atoms with Crippen LogP contribution in [-0.2, 0) is 19.3 Å². The molecule has 0 saturated heterocycles. The Hall–Kier alpha value is -4.49. The molecular weight excluding hydrogens is 560 g/mol. The molecule has 0 amide bonds. The molecule has 2 aliphatic rings. The van der Waals surface area contributed by atoms with Gasteiger partial charge in [0.25, 0.3) is 0 Å². The summed E-state index contributed by atoms with van der Waals surface area (Å²) in [6.07, 6.45) is 11.0. The van der Waals surface area contributed by atoms with Crippen LogP contribution in [0.4, 0.5) is 26.3 Å². The zero-order valence-electron chi connectivity index (χ0n) is 22.0. The standard InChI is InChI=1S/C15H15N5S.C13H10FN5S/c1-2-9-7-11-10(8-17-20-11)13-14(9)21-15(19-13)18-12-5-3-4-6-16-12;14-8-2-1-5-15-12(8)18-13-17-11-7-6-16-19-9(7)3-4-10(11)20-13/h3-6,8-9H,2,7H2,1H3,(H,17,20)(H,16,18,19);1-2,5-6H,3-4H2,(H,16,19)(H,15,17,18). The Balaban J connectivity index is 0.000000135. The molecule has 1 unspecified atom stereocenters. The number of hydrogen-bond donors (Lipinski definition) is 4. The highest BCUT2D eigenvalue weighted by Gasteiger charge is 2.29. The summed E-state index contributed by atoms with van der Waals surface area (Å²) >= 11 is 3.26. The van der Waals surface area contributed by atoms with Gasteiger partial charge < -0.3 is 10.6 Å². The van der Waals surface area contributed by atoms with Gasteiger partial charge in [0.1, 0.15) is 5.82 Å². The first-order valence-corrected chi connectivity index (χ1v) is 14.9. The fourth-order valence-corrected chi connectivity index (χ4v) is 7.20. The minimum atomic E-state index is -0.385. The zero-order valence-corrected chi connectivity index (χ0v) is 23.6. The van der Waals surface area contributed by atoms with Gasteiger partial charge in [-0.25, -0.2) is 24.3 Å². The Morgan fingerprint density at radius 2 is 1.66 bits per heavy atom. The van der Waals surface area contributed by atoms with E-state index < -0.39 is 0 Å². The van der Waals surface area contributed by atoms with Crippen molar-refractivity contribution in [3.63, 3.8) is 0 Å². The van der Waals surface area contributed by atoms with Crippen LogP contribution >= 0.6 is 22.7 Å². The van der Waals surface area contributed by atoms with E-state index in [1.807, 2.05) is 24.4 Å². The number of H-pyrrole nitrogens is 2. The van der Waals surface area contributed by atoms with Gasteiger partial charge >= 0.3 is 0 Å². The van der Waals surface area contributed by atoms with E-state index in [4.69, 9.17) is 4.98 Å². The predicted molar refractivity (Wildman–Crippen MR) is 159 cm³/mol. The summed E-state index contributed by atoms with van der Waals surface area (Å²) in [5.74, 6) is 1.16. The van der Waals surface area contributed by atoms with E-state index in [2.05, 4.69) is 52.9 Å². The average molecular weight is 585 g/mol. The van der Waals surface area contributed by atoms with Crippen LogP contribution in [0.2, 0.25) is 0 Å². The molecule has 6 aromatic heterocycles. The second-order valence-corrected chi connectivity index (χ2v) is 11.8. The number of halogens is 1. The molecular formula is C28H25FN10S2. The first-order chi connectivity index (χ1) is 20.2. The third-order valence-corrected chi connectivity index (χ3v) is 9.26. The molecule has 0 spiro atoms. The van der Waals surface area contributed by atoms with Crippen molar-refractivity contribution >= 4 is 44.6 Å². The van der Waals surface area contributed by atoms with Crippen LogP contribution in [0.5, 0.6) is 0 Å². The smallest absolute Gasteiger partial charge is 0.189 e. The number of aromatic nitrogens is 8. The number of aryl methyl sites for hydroxylation is 2. The van der Waals surface area contributed by atoms with E-state index in [1.165, 1.54) is 32.9 Å². The van der Waals surface area contributed by atoms with Gasteiger partial charge in [0.15, 0.2) is 21.9 Å². The van der Waals surface area contributed by atoms with Gasteiger partial charge in [-0.15, -0.1) is 22.7 Å². The van der Waals surface area contributed by atoms with Crippen LogP contribution in [-0.4, -0.2) is 40.3 Å². The molecule has 0 radical (unpaired) electrons. The molecule has 10 nitrogen and oxygen atoms in total. The normalized spacial score (nSPS) is 14.6. The van der Waals surface area contributed by atoms with Gasteiger partial charge in [0, 0.05) is 50.6 Å². The molecule has 8 rings (SSSR count). The Labute approximate surface area is 242 Å². The Bertz CT molecular complexity index is 1810. The predicted octanol–water partition coefficient (Wildman–Crippen LogP) is 6.63. The summed E-state index contributed by atoms with van der Waals surface area (Å²) in [7, 11) is 0. The summed E-state index contributed by atoms with van der Waals surface area (Å²) in [5.41, 5.74) is 6.49. The van der Waals surface area contributed by atoms with E-state index in [0.29, 0.717) is 11.0 Å². The molecule has 6 heterocycles. The van der Waals surface area contributed by atoms with Crippen molar-refractivity contribution < 1.29 is 4.39 Å². The van der Waals surface area contributed by atoms with Crippen molar-refractivity contribution in [2.24, 2.45) is 0 Å². The Morgan fingerprint density at radius 3 is 2.46 bits per heavy atom. The van der Waals surface area contributed by atoms with E-state index in [1.54, 1.807) is 36.0 Å². The number of nitrogens with zero attached hydrogens (tertiary/aromatic N) is 6. The SMILES string of the molecule is CCC1Cc2[nH]ncc2-c2nc(Nc3ccccn3)sc21.Fc1cccnc1Nc1nc2c(s1)CCc1[nH]ncc1-2. The summed E-state index contributed by atoms with van der Waals surface area (Å²) in [5, 5.41) is 22.1. The largest absolute Gasteiger partial charge is 0.316 e. The average Bonchev–Trinajstić information content (AvgIpc) is 3.79. The topological polar surface area (TPSA) is 133 Å². The van der Waals surface area contributed by atoms with Crippen LogP contribution in [0.25, 0.3) is 22.5 Å². The van der Waals surface area contributed by atoms with Crippen molar-refractivity contribution in [1.82, 2.24) is 40.3 Å². The number of anilines is 4. The van der Waals surface area contributed by atoms with Gasteiger partial charge in [0.05, 0.1) is 23.8 Å². The van der Waals surface area contributed by atoms with Crippen LogP contribution in [0.15, 0.2) is 55.1 Å². The van der Waals surface area contributed by atoms with E-state index in [-0.39, 0.29) is 11.6 Å². The van der Waals surface area contributed by atoms with Crippen LogP contribution < -0.4 is 10.6 Å². The fourth-order valence-electron chi connectivity index (χ4n) is 5.05. The maximum Gasteiger partial charge on any atom is 0.189 e. The molecule has 0 aliphatic heterocycles. The van der Waals surface area contributed by atoms with Crippen LogP contribution in [0, 0.1) is 5.82 Å². The maximum atomic E-state index is 13.6. The Morgan fingerprint density at radius 1 is 0.878 bits per heavy atom. The molecule has 1 atom stereocenters. The lowest BCUT2D eigenvalue weighted by Gasteiger charge is -2.19. The van der Waals surface area contributed by atoms with E-state index in [0.717, 1.165) is 64.8 Å². The number of fused-ring (bicyclic) bond motifs is 6. The molecule has 0 bridgehead atoms. The number of thiazole rings is 2. The number of rotatable bonds is 5. The molecule has 2 aliphatic carbocycles. The van der Waals surface area contributed by atoms with Crippen molar-refractivity contribution in [3.8, 4) is 22.5 Å². The van der Waals surface area contributed by atoms with Crippen molar-refractivity contribution in [1.29, 1.82) is 0 Å². The summed E-state index contributed by atoms with van der Waals surface area (Å²) < 4.78 is 13.6. The molecule has 13 heteroatoms. The van der Waals surface area contributed by atoms with Gasteiger partial charge in [-0.2, -0.15) is 10.2 Å². The highest BCUT2D eigenvalue weighted by Crippen LogP contribution is 2.44. The van der Waals surface area contributed by atoms with Crippen molar-refractivity contribution in [2.45, 2.75) is 38.5 Å². The zero-order chi connectivity index (χ0) is 27.8. The van der Waals surface area contributed by atoms with E-state index >= 15 is 0 Å². The summed E-state index contributed by atoms with van der Waals surface area (Å²) in [4.78, 5) is 20.1. The van der Waals surface area contributed by atoms with E-state index in [9.17, 15) is 4.39 Å². The van der Waals surface area contributed by atoms with Crippen molar-refractivity contribution in [2.75, 3.05) is 10.6 Å². The minimum absolute atomic E-state index is 0.200. The third-order valence-electron chi connectivity index (χ3n) is 7.10. The number of nitrogens with one attached hydrogen (secondary N) is 4. The lowest BCUT2D eigenvalue weighted by atomic mass is 9.89. The monoisotopic (exact) mass is 584 g/mol. The minimum Gasteiger partial charge on any atom is -0.316 e. The first-order valence-electron chi connectivity index (χ1n) is 13.3. The second kappa shape index (κ2) is 10.8. The van der Waals surface area contributed by atoms with Gasteiger partial charge in [-0.3, -0.25) is 10.2 Å².